The van der Waals surface area contributed by atoms with Crippen molar-refractivity contribution in [3.63, 3.8) is 0 Å². The van der Waals surface area contributed by atoms with Crippen LogP contribution in [-0.4, -0.2) is 43.8 Å². The molecule has 212 valence electrons. The molecule has 4 rings (SSSR count). The van der Waals surface area contributed by atoms with Gasteiger partial charge in [0.15, 0.2) is 0 Å². The van der Waals surface area contributed by atoms with Gasteiger partial charge in [0.1, 0.15) is 12.6 Å². The number of amides is 2. The van der Waals surface area contributed by atoms with Crippen LogP contribution in [0.25, 0.3) is 0 Å². The van der Waals surface area contributed by atoms with E-state index in [-0.39, 0.29) is 23.4 Å². The molecule has 1 N–H and O–H groups in total. The number of aryl methyl sites for hydroxylation is 1. The number of rotatable bonds is 10. The second kappa shape index (κ2) is 13.1. The first kappa shape index (κ1) is 29.9. The maximum absolute atomic E-state index is 14.0. The summed E-state index contributed by atoms with van der Waals surface area (Å²) in [5.41, 5.74) is 1.78. The third-order valence-electron chi connectivity index (χ3n) is 7.12. The van der Waals surface area contributed by atoms with Crippen molar-refractivity contribution < 1.29 is 18.0 Å². The highest BCUT2D eigenvalue weighted by Gasteiger charge is 2.33. The second-order valence-electron chi connectivity index (χ2n) is 10.1. The summed E-state index contributed by atoms with van der Waals surface area (Å²) in [4.78, 5) is 28.8. The molecule has 1 aliphatic rings. The molecular weight excluding hydrogens is 569 g/mol. The summed E-state index contributed by atoms with van der Waals surface area (Å²) < 4.78 is 28.7. The summed E-state index contributed by atoms with van der Waals surface area (Å²) in [6, 6.07) is 19.0. The first-order valence-corrected chi connectivity index (χ1v) is 15.4. The van der Waals surface area contributed by atoms with Gasteiger partial charge in [-0.3, -0.25) is 13.9 Å². The Morgan fingerprint density at radius 2 is 1.68 bits per heavy atom. The summed E-state index contributed by atoms with van der Waals surface area (Å²) in [7, 11) is -4.11. The SMILES string of the molecule is Cc1cccc(N(CC(=O)N(Cc2ccc(Cl)cc2Cl)C(C)C(=O)NC2CCCC2)S(=O)(=O)c2ccccc2)c1. The van der Waals surface area contributed by atoms with Crippen LogP contribution in [-0.2, 0) is 26.2 Å². The normalized spacial score (nSPS) is 14.5. The van der Waals surface area contributed by atoms with Crippen LogP contribution in [0, 0.1) is 6.92 Å². The van der Waals surface area contributed by atoms with E-state index in [2.05, 4.69) is 5.32 Å². The number of halogens is 2. The Morgan fingerprint density at radius 1 is 0.975 bits per heavy atom. The van der Waals surface area contributed by atoms with E-state index in [0.717, 1.165) is 35.6 Å². The largest absolute Gasteiger partial charge is 0.352 e. The Labute approximate surface area is 246 Å². The van der Waals surface area contributed by atoms with Crippen LogP contribution in [0.5, 0.6) is 0 Å². The van der Waals surface area contributed by atoms with Gasteiger partial charge in [-0.15, -0.1) is 0 Å². The molecule has 10 heteroatoms. The Kier molecular flexibility index (Phi) is 9.77. The average Bonchev–Trinajstić information content (AvgIpc) is 3.44. The minimum atomic E-state index is -4.11. The molecule has 7 nitrogen and oxygen atoms in total. The lowest BCUT2D eigenvalue weighted by atomic mass is 10.1. The molecule has 0 aliphatic heterocycles. The zero-order valence-corrected chi connectivity index (χ0v) is 24.8. The van der Waals surface area contributed by atoms with Gasteiger partial charge in [0.25, 0.3) is 10.0 Å². The fourth-order valence-corrected chi connectivity index (χ4v) is 6.73. The van der Waals surface area contributed by atoms with Crippen molar-refractivity contribution in [2.24, 2.45) is 0 Å². The fourth-order valence-electron chi connectivity index (χ4n) is 4.84. The lowest BCUT2D eigenvalue weighted by Crippen LogP contribution is -2.52. The molecule has 0 radical (unpaired) electrons. The highest BCUT2D eigenvalue weighted by atomic mass is 35.5. The molecule has 1 atom stereocenters. The topological polar surface area (TPSA) is 86.8 Å². The lowest BCUT2D eigenvalue weighted by Gasteiger charge is -2.32. The van der Waals surface area contributed by atoms with Gasteiger partial charge < -0.3 is 10.2 Å². The number of nitrogens with one attached hydrogen (secondary N) is 1. The molecule has 1 saturated carbocycles. The molecular formula is C30H33Cl2N3O4S. The zero-order valence-electron chi connectivity index (χ0n) is 22.5. The second-order valence-corrected chi connectivity index (χ2v) is 12.8. The number of anilines is 1. The Bertz CT molecular complexity index is 1460. The fraction of sp³-hybridized carbons (Fsp3) is 0.333. The van der Waals surface area contributed by atoms with Crippen molar-refractivity contribution in [3.05, 3.63) is 94.0 Å². The van der Waals surface area contributed by atoms with Crippen molar-refractivity contribution >= 4 is 50.7 Å². The molecule has 1 aliphatic carbocycles. The van der Waals surface area contributed by atoms with E-state index in [1.165, 1.54) is 17.0 Å². The highest BCUT2D eigenvalue weighted by molar-refractivity contribution is 7.92. The number of sulfonamides is 1. The van der Waals surface area contributed by atoms with Crippen LogP contribution in [0.15, 0.2) is 77.7 Å². The van der Waals surface area contributed by atoms with Gasteiger partial charge in [-0.05, 0) is 74.2 Å². The standard InChI is InChI=1S/C30H33Cl2N3O4S/c1-21-9-8-12-26(17-21)35(40(38,39)27-13-4-3-5-14-27)20-29(36)34(19-23-15-16-24(31)18-28(23)32)22(2)30(37)33-25-10-6-7-11-25/h3-5,8-9,12-18,22,25H,6-7,10-11,19-20H2,1-2H3,(H,33,37). The maximum Gasteiger partial charge on any atom is 0.264 e. The van der Waals surface area contributed by atoms with Gasteiger partial charge in [-0.2, -0.15) is 0 Å². The minimum absolute atomic E-state index is 0.00112. The van der Waals surface area contributed by atoms with Crippen molar-refractivity contribution in [2.75, 3.05) is 10.8 Å². The molecule has 40 heavy (non-hydrogen) atoms. The summed E-state index contributed by atoms with van der Waals surface area (Å²) in [6.07, 6.45) is 3.88. The van der Waals surface area contributed by atoms with E-state index in [1.54, 1.807) is 61.5 Å². The molecule has 0 bridgehead atoms. The van der Waals surface area contributed by atoms with E-state index >= 15 is 0 Å². The van der Waals surface area contributed by atoms with Gasteiger partial charge in [-0.1, -0.05) is 72.4 Å². The molecule has 0 aromatic heterocycles. The molecule has 3 aromatic rings. The molecule has 1 fully saturated rings. The van der Waals surface area contributed by atoms with E-state index in [1.807, 2.05) is 13.0 Å². The van der Waals surface area contributed by atoms with Gasteiger partial charge in [0.05, 0.1) is 10.6 Å². The van der Waals surface area contributed by atoms with Crippen LogP contribution < -0.4 is 9.62 Å². The number of carbonyl (C=O) groups is 2. The quantitative estimate of drug-likeness (QED) is 0.310. The summed E-state index contributed by atoms with van der Waals surface area (Å²) in [5, 5.41) is 3.84. The molecule has 3 aromatic carbocycles. The van der Waals surface area contributed by atoms with E-state index in [4.69, 9.17) is 23.2 Å². The number of nitrogens with zero attached hydrogens (tertiary/aromatic N) is 2. The average molecular weight is 603 g/mol. The molecule has 1 unspecified atom stereocenters. The van der Waals surface area contributed by atoms with Crippen molar-refractivity contribution in [2.45, 2.75) is 63.1 Å². The zero-order chi connectivity index (χ0) is 28.9. The van der Waals surface area contributed by atoms with E-state index < -0.39 is 28.5 Å². The van der Waals surface area contributed by atoms with Crippen LogP contribution >= 0.6 is 23.2 Å². The first-order chi connectivity index (χ1) is 19.1. The van der Waals surface area contributed by atoms with Crippen LogP contribution in [0.3, 0.4) is 0 Å². The third-order valence-corrected chi connectivity index (χ3v) is 9.50. The van der Waals surface area contributed by atoms with E-state index in [0.29, 0.717) is 21.3 Å². The highest BCUT2D eigenvalue weighted by Crippen LogP contribution is 2.27. The lowest BCUT2D eigenvalue weighted by molar-refractivity contribution is -0.139. The van der Waals surface area contributed by atoms with E-state index in [9.17, 15) is 18.0 Å². The predicted molar refractivity (Wildman–Crippen MR) is 159 cm³/mol. The van der Waals surface area contributed by atoms with Gasteiger partial charge in [0, 0.05) is 22.6 Å². The Hall–Kier alpha value is -3.07. The van der Waals surface area contributed by atoms with Gasteiger partial charge in [0.2, 0.25) is 11.8 Å². The van der Waals surface area contributed by atoms with Crippen molar-refractivity contribution in [1.29, 1.82) is 0 Å². The smallest absolute Gasteiger partial charge is 0.264 e. The number of carbonyl (C=O) groups excluding carboxylic acids is 2. The third kappa shape index (κ3) is 7.16. The number of hydrogen-bond acceptors (Lipinski definition) is 4. The summed E-state index contributed by atoms with van der Waals surface area (Å²) in [5.74, 6) is -0.834. The van der Waals surface area contributed by atoms with Crippen LogP contribution in [0.1, 0.15) is 43.7 Å². The molecule has 0 heterocycles. The Morgan fingerprint density at radius 3 is 2.33 bits per heavy atom. The van der Waals surface area contributed by atoms with Gasteiger partial charge >= 0.3 is 0 Å². The number of benzene rings is 3. The summed E-state index contributed by atoms with van der Waals surface area (Å²) in [6.45, 7) is 2.99. The van der Waals surface area contributed by atoms with Gasteiger partial charge in [-0.25, -0.2) is 8.42 Å². The molecule has 0 spiro atoms. The van der Waals surface area contributed by atoms with Crippen molar-refractivity contribution in [3.8, 4) is 0 Å². The first-order valence-electron chi connectivity index (χ1n) is 13.2. The monoisotopic (exact) mass is 601 g/mol. The van der Waals surface area contributed by atoms with Crippen molar-refractivity contribution in [1.82, 2.24) is 10.2 Å². The molecule has 2 amide bonds. The minimum Gasteiger partial charge on any atom is -0.352 e. The molecule has 0 saturated heterocycles. The maximum atomic E-state index is 14.0. The van der Waals surface area contributed by atoms with Crippen LogP contribution in [0.2, 0.25) is 10.0 Å². The predicted octanol–water partition coefficient (Wildman–Crippen LogP) is 5.97. The Balaban J connectivity index is 1.70. The summed E-state index contributed by atoms with van der Waals surface area (Å²) >= 11 is 12.5. The van der Waals surface area contributed by atoms with Crippen LogP contribution in [0.4, 0.5) is 5.69 Å². The number of hydrogen-bond donors (Lipinski definition) is 1.